The summed E-state index contributed by atoms with van der Waals surface area (Å²) >= 11 is 0. The van der Waals surface area contributed by atoms with Crippen molar-refractivity contribution in [1.82, 2.24) is 0 Å². The largest absolute Gasteiger partial charge is 0.299 e. The van der Waals surface area contributed by atoms with Gasteiger partial charge in [0.25, 0.3) is 0 Å². The zero-order chi connectivity index (χ0) is 9.78. The summed E-state index contributed by atoms with van der Waals surface area (Å²) in [6, 6.07) is 0. The van der Waals surface area contributed by atoms with Crippen molar-refractivity contribution in [1.29, 1.82) is 0 Å². The summed E-state index contributed by atoms with van der Waals surface area (Å²) in [4.78, 5) is 0. The first-order chi connectivity index (χ1) is 6.41. The lowest BCUT2D eigenvalue weighted by Gasteiger charge is -1.99. The molecule has 0 saturated heterocycles. The molecule has 0 aromatic heterocycles. The number of hydrogen-bond donors (Lipinski definition) is 0. The molecular weight excluding hydrogens is 160 g/mol. The van der Waals surface area contributed by atoms with E-state index in [0.29, 0.717) is 0 Å². The van der Waals surface area contributed by atoms with Gasteiger partial charge in [0.2, 0.25) is 0 Å². The monoisotopic (exact) mass is 183 g/mol. The van der Waals surface area contributed by atoms with Crippen molar-refractivity contribution in [3.8, 4) is 0 Å². The molecule has 77 valence electrons. The van der Waals surface area contributed by atoms with E-state index >= 15 is 0 Å². The summed E-state index contributed by atoms with van der Waals surface area (Å²) in [5.74, 6) is 0. The van der Waals surface area contributed by atoms with Gasteiger partial charge in [0, 0.05) is 0 Å². The number of rotatable bonds is 9. The van der Waals surface area contributed by atoms with E-state index in [0.717, 1.165) is 12.7 Å². The third-order valence-electron chi connectivity index (χ3n) is 2.32. The average Bonchev–Trinajstić information content (AvgIpc) is 2.16. The van der Waals surface area contributed by atoms with Gasteiger partial charge in [0.15, 0.2) is 0 Å². The highest BCUT2D eigenvalue weighted by molar-refractivity contribution is 4.70. The Labute approximate surface area is 82.9 Å². The SMILES string of the molecule is CCCCCCCCCCC=C[O]. The van der Waals surface area contributed by atoms with E-state index in [1.54, 1.807) is 6.08 Å². The number of hydrogen-bond acceptors (Lipinski definition) is 0. The van der Waals surface area contributed by atoms with Crippen molar-refractivity contribution in [3.05, 3.63) is 12.3 Å². The predicted molar refractivity (Wildman–Crippen MR) is 57.1 cm³/mol. The zero-order valence-corrected chi connectivity index (χ0v) is 8.93. The lowest BCUT2D eigenvalue weighted by molar-refractivity contribution is 0.349. The molecule has 0 aromatic carbocycles. The Hall–Kier alpha value is -0.460. The Balaban J connectivity index is 2.83. The lowest BCUT2D eigenvalue weighted by atomic mass is 10.1. The second-order valence-corrected chi connectivity index (χ2v) is 3.64. The highest BCUT2D eigenvalue weighted by Crippen LogP contribution is 2.09. The van der Waals surface area contributed by atoms with Gasteiger partial charge >= 0.3 is 0 Å². The maximum absolute atomic E-state index is 9.96. The zero-order valence-electron chi connectivity index (χ0n) is 8.93. The predicted octanol–water partition coefficient (Wildman–Crippen LogP) is 4.46. The van der Waals surface area contributed by atoms with Gasteiger partial charge in [-0.3, -0.25) is 5.11 Å². The van der Waals surface area contributed by atoms with Crippen LogP contribution < -0.4 is 0 Å². The molecule has 0 aliphatic heterocycles. The standard InChI is InChI=1S/C12H23O/c1-2-3-4-5-6-7-8-9-10-11-12-13/h11-12H,2-10H2,1H3. The van der Waals surface area contributed by atoms with Crippen LogP contribution >= 0.6 is 0 Å². The fourth-order valence-electron chi connectivity index (χ4n) is 1.46. The van der Waals surface area contributed by atoms with Crippen LogP contribution in [0.3, 0.4) is 0 Å². The maximum atomic E-state index is 9.96. The van der Waals surface area contributed by atoms with Gasteiger partial charge in [-0.2, -0.15) is 0 Å². The summed E-state index contributed by atoms with van der Waals surface area (Å²) in [6.45, 7) is 2.25. The average molecular weight is 183 g/mol. The molecule has 0 atom stereocenters. The highest BCUT2D eigenvalue weighted by atomic mass is 16.2. The van der Waals surface area contributed by atoms with Crippen molar-refractivity contribution < 1.29 is 5.11 Å². The number of allylic oxidation sites excluding steroid dienone is 1. The molecule has 0 rings (SSSR count). The van der Waals surface area contributed by atoms with E-state index in [2.05, 4.69) is 6.92 Å². The smallest absolute Gasteiger partial charge is 0.138 e. The second kappa shape index (κ2) is 11.5. The molecule has 0 aliphatic rings. The van der Waals surface area contributed by atoms with E-state index < -0.39 is 0 Å². The summed E-state index contributed by atoms with van der Waals surface area (Å²) in [5, 5.41) is 9.96. The third kappa shape index (κ3) is 11.5. The Morgan fingerprint density at radius 3 is 1.92 bits per heavy atom. The van der Waals surface area contributed by atoms with Crippen molar-refractivity contribution in [2.24, 2.45) is 0 Å². The third-order valence-corrected chi connectivity index (χ3v) is 2.32. The minimum Gasteiger partial charge on any atom is -0.299 e. The first-order valence-electron chi connectivity index (χ1n) is 5.68. The number of unbranched alkanes of at least 4 members (excludes halogenated alkanes) is 8. The van der Waals surface area contributed by atoms with Crippen LogP contribution in [0.4, 0.5) is 0 Å². The summed E-state index contributed by atoms with van der Waals surface area (Å²) in [7, 11) is 0. The Kier molecular flexibility index (Phi) is 11.1. The molecule has 1 nitrogen and oxygen atoms in total. The molecule has 0 saturated carbocycles. The van der Waals surface area contributed by atoms with Crippen molar-refractivity contribution >= 4 is 0 Å². The van der Waals surface area contributed by atoms with Gasteiger partial charge in [-0.15, -0.1) is 0 Å². The quantitative estimate of drug-likeness (QED) is 0.371. The van der Waals surface area contributed by atoms with Crippen LogP contribution in [0.2, 0.25) is 0 Å². The molecule has 1 radical (unpaired) electrons. The normalized spacial score (nSPS) is 11.2. The van der Waals surface area contributed by atoms with E-state index in [-0.39, 0.29) is 0 Å². The Bertz CT molecular complexity index is 108. The molecule has 0 N–H and O–H groups in total. The van der Waals surface area contributed by atoms with Crippen LogP contribution in [0.15, 0.2) is 12.3 Å². The van der Waals surface area contributed by atoms with Crippen LogP contribution in [0.1, 0.15) is 64.7 Å². The molecule has 0 aliphatic carbocycles. The topological polar surface area (TPSA) is 19.9 Å². The summed E-state index contributed by atoms with van der Waals surface area (Å²) in [5.41, 5.74) is 0. The van der Waals surface area contributed by atoms with Gasteiger partial charge in [-0.1, -0.05) is 51.9 Å². The van der Waals surface area contributed by atoms with Gasteiger partial charge in [0.05, 0.1) is 0 Å². The van der Waals surface area contributed by atoms with Crippen LogP contribution in [-0.2, 0) is 5.11 Å². The Morgan fingerprint density at radius 1 is 0.846 bits per heavy atom. The fourth-order valence-corrected chi connectivity index (χ4v) is 1.46. The van der Waals surface area contributed by atoms with Crippen molar-refractivity contribution in [3.63, 3.8) is 0 Å². The molecule has 0 unspecified atom stereocenters. The first kappa shape index (κ1) is 12.5. The van der Waals surface area contributed by atoms with Crippen LogP contribution in [0, 0.1) is 0 Å². The van der Waals surface area contributed by atoms with Crippen molar-refractivity contribution in [2.45, 2.75) is 64.7 Å². The van der Waals surface area contributed by atoms with Crippen molar-refractivity contribution in [2.75, 3.05) is 0 Å². The molecule has 0 heterocycles. The molecule has 1 heteroatoms. The first-order valence-corrected chi connectivity index (χ1v) is 5.68. The summed E-state index contributed by atoms with van der Waals surface area (Å²) < 4.78 is 0. The van der Waals surface area contributed by atoms with Gasteiger partial charge in [0.1, 0.15) is 6.26 Å². The van der Waals surface area contributed by atoms with E-state index in [9.17, 15) is 5.11 Å². The van der Waals surface area contributed by atoms with E-state index in [1.807, 2.05) is 0 Å². The molecule has 0 bridgehead atoms. The highest BCUT2D eigenvalue weighted by Gasteiger charge is 1.89. The minimum atomic E-state index is 0.904. The van der Waals surface area contributed by atoms with Crippen LogP contribution in [-0.4, -0.2) is 0 Å². The summed E-state index contributed by atoms with van der Waals surface area (Å²) in [6.07, 6.45) is 14.3. The van der Waals surface area contributed by atoms with Crippen LogP contribution in [0.25, 0.3) is 0 Å². The van der Waals surface area contributed by atoms with Gasteiger partial charge in [-0.05, 0) is 18.9 Å². The fraction of sp³-hybridized carbons (Fsp3) is 0.833. The lowest BCUT2D eigenvalue weighted by Crippen LogP contribution is -1.79. The van der Waals surface area contributed by atoms with Gasteiger partial charge < -0.3 is 0 Å². The van der Waals surface area contributed by atoms with E-state index in [4.69, 9.17) is 0 Å². The van der Waals surface area contributed by atoms with E-state index in [1.165, 1.54) is 51.4 Å². The second-order valence-electron chi connectivity index (χ2n) is 3.64. The Morgan fingerprint density at radius 2 is 1.38 bits per heavy atom. The molecule has 0 aromatic rings. The van der Waals surface area contributed by atoms with Crippen LogP contribution in [0.5, 0.6) is 0 Å². The molecule has 0 fully saturated rings. The molecule has 13 heavy (non-hydrogen) atoms. The van der Waals surface area contributed by atoms with Gasteiger partial charge in [-0.25, -0.2) is 0 Å². The molecule has 0 amide bonds. The maximum Gasteiger partial charge on any atom is 0.138 e. The molecular formula is C12H23O. The minimum absolute atomic E-state index is 0.904. The molecule has 0 spiro atoms.